The van der Waals surface area contributed by atoms with E-state index in [-0.39, 0.29) is 10.6 Å². The number of pyridine rings is 1. The van der Waals surface area contributed by atoms with Crippen molar-refractivity contribution < 1.29 is 4.92 Å². The molecule has 0 aliphatic carbocycles. The smallest absolute Gasteiger partial charge is 0.271 e. The van der Waals surface area contributed by atoms with E-state index in [2.05, 4.69) is 29.0 Å². The molecular weight excluding hydrogens is 316 g/mol. The van der Waals surface area contributed by atoms with Crippen LogP contribution in [-0.2, 0) is 0 Å². The lowest BCUT2D eigenvalue weighted by Crippen LogP contribution is -2.28. The Labute approximate surface area is 146 Å². The Morgan fingerprint density at radius 3 is 2.52 bits per heavy atom. The zero-order valence-corrected chi connectivity index (χ0v) is 14.5. The van der Waals surface area contributed by atoms with Gasteiger partial charge >= 0.3 is 0 Å². The van der Waals surface area contributed by atoms with E-state index in [1.54, 1.807) is 6.07 Å². The fraction of sp³-hybridized carbons (Fsp3) is 0.316. The highest BCUT2D eigenvalue weighted by atomic mass is 16.6. The molecule has 3 rings (SSSR count). The van der Waals surface area contributed by atoms with Crippen LogP contribution in [0.3, 0.4) is 0 Å². The predicted octanol–water partition coefficient (Wildman–Crippen LogP) is 4.05. The number of hydrogen-bond donors (Lipinski definition) is 1. The quantitative estimate of drug-likeness (QED) is 0.400. The van der Waals surface area contributed by atoms with Crippen molar-refractivity contribution in [2.45, 2.75) is 13.8 Å². The lowest BCUT2D eigenvalue weighted by Gasteiger charge is -2.19. The summed E-state index contributed by atoms with van der Waals surface area (Å²) in [5, 5.41) is 16.5. The van der Waals surface area contributed by atoms with Crippen LogP contribution in [0.5, 0.6) is 0 Å². The molecule has 0 bridgehead atoms. The highest BCUT2D eigenvalue weighted by Crippen LogP contribution is 2.32. The third kappa shape index (κ3) is 3.53. The standard InChI is InChI=1S/C19H22N4O2/c1-3-22(4-2)12-11-20-19-15-7-5-6-8-17(15)21-18-13-14(23(24)25)9-10-16(18)19/h5-10,13H,3-4,11-12H2,1-2H3,(H,20,21). The first-order valence-corrected chi connectivity index (χ1v) is 8.57. The first kappa shape index (κ1) is 17.1. The first-order valence-electron chi connectivity index (χ1n) is 8.57. The molecule has 0 fully saturated rings. The molecule has 0 aliphatic heterocycles. The van der Waals surface area contributed by atoms with E-state index in [0.717, 1.165) is 48.2 Å². The van der Waals surface area contributed by atoms with E-state index < -0.39 is 0 Å². The number of nitrogens with one attached hydrogen (secondary N) is 1. The number of non-ortho nitro benzene ring substituents is 1. The van der Waals surface area contributed by atoms with Gasteiger partial charge in [0, 0.05) is 36.0 Å². The number of nitrogens with zero attached hydrogens (tertiary/aromatic N) is 3. The molecular formula is C19H22N4O2. The van der Waals surface area contributed by atoms with Crippen LogP contribution in [0.1, 0.15) is 13.8 Å². The van der Waals surface area contributed by atoms with Crippen molar-refractivity contribution in [3.8, 4) is 0 Å². The minimum atomic E-state index is -0.385. The van der Waals surface area contributed by atoms with Gasteiger partial charge in [0.15, 0.2) is 0 Å². The van der Waals surface area contributed by atoms with Gasteiger partial charge in [-0.15, -0.1) is 0 Å². The summed E-state index contributed by atoms with van der Waals surface area (Å²) in [6, 6.07) is 12.7. The van der Waals surface area contributed by atoms with Gasteiger partial charge in [-0.3, -0.25) is 10.1 Å². The van der Waals surface area contributed by atoms with Crippen molar-refractivity contribution in [1.82, 2.24) is 9.88 Å². The van der Waals surface area contributed by atoms with Gasteiger partial charge < -0.3 is 10.2 Å². The monoisotopic (exact) mass is 338 g/mol. The fourth-order valence-corrected chi connectivity index (χ4v) is 3.06. The molecule has 0 saturated heterocycles. The second-order valence-electron chi connectivity index (χ2n) is 5.92. The van der Waals surface area contributed by atoms with Crippen molar-refractivity contribution in [2.24, 2.45) is 0 Å². The number of nitro benzene ring substituents is 1. The predicted molar refractivity (Wildman–Crippen MR) is 102 cm³/mol. The SMILES string of the molecule is CCN(CC)CCNc1c2ccccc2nc2cc([N+](=O)[O-])ccc12. The van der Waals surface area contributed by atoms with Gasteiger partial charge in [-0.25, -0.2) is 4.98 Å². The Balaban J connectivity index is 2.04. The van der Waals surface area contributed by atoms with Gasteiger partial charge in [0.2, 0.25) is 0 Å². The summed E-state index contributed by atoms with van der Waals surface area (Å²) in [6.45, 7) is 8.09. The zero-order chi connectivity index (χ0) is 17.8. The second kappa shape index (κ2) is 7.44. The van der Waals surface area contributed by atoms with Gasteiger partial charge in [-0.2, -0.15) is 0 Å². The number of rotatable bonds is 7. The summed E-state index contributed by atoms with van der Waals surface area (Å²) in [4.78, 5) is 17.6. The van der Waals surface area contributed by atoms with Crippen LogP contribution in [0.25, 0.3) is 21.8 Å². The molecule has 0 spiro atoms. The van der Waals surface area contributed by atoms with Crippen molar-refractivity contribution in [3.05, 3.63) is 52.6 Å². The molecule has 1 aromatic heterocycles. The van der Waals surface area contributed by atoms with Crippen molar-refractivity contribution in [3.63, 3.8) is 0 Å². The zero-order valence-electron chi connectivity index (χ0n) is 14.5. The summed E-state index contributed by atoms with van der Waals surface area (Å²) < 4.78 is 0. The van der Waals surface area contributed by atoms with Crippen molar-refractivity contribution >= 4 is 33.2 Å². The molecule has 3 aromatic rings. The summed E-state index contributed by atoms with van der Waals surface area (Å²) in [6.07, 6.45) is 0. The topological polar surface area (TPSA) is 71.3 Å². The average Bonchev–Trinajstić information content (AvgIpc) is 2.64. The normalized spacial score (nSPS) is 11.3. The number of nitro groups is 1. The molecule has 1 N–H and O–H groups in total. The van der Waals surface area contributed by atoms with Crippen molar-refractivity contribution in [2.75, 3.05) is 31.5 Å². The largest absolute Gasteiger partial charge is 0.383 e. The number of para-hydroxylation sites is 1. The number of benzene rings is 2. The minimum absolute atomic E-state index is 0.0596. The Bertz CT molecular complexity index is 906. The van der Waals surface area contributed by atoms with Crippen LogP contribution < -0.4 is 5.32 Å². The van der Waals surface area contributed by atoms with Crippen LogP contribution in [0.2, 0.25) is 0 Å². The molecule has 0 unspecified atom stereocenters. The molecule has 130 valence electrons. The summed E-state index contributed by atoms with van der Waals surface area (Å²) in [7, 11) is 0. The van der Waals surface area contributed by atoms with Gasteiger partial charge in [0.25, 0.3) is 5.69 Å². The molecule has 6 nitrogen and oxygen atoms in total. The van der Waals surface area contributed by atoms with E-state index in [4.69, 9.17) is 0 Å². The van der Waals surface area contributed by atoms with Gasteiger partial charge in [-0.05, 0) is 25.2 Å². The molecule has 0 aliphatic rings. The van der Waals surface area contributed by atoms with Crippen LogP contribution in [0.4, 0.5) is 11.4 Å². The van der Waals surface area contributed by atoms with E-state index in [1.807, 2.05) is 24.3 Å². The Hall–Kier alpha value is -2.73. The summed E-state index contributed by atoms with van der Waals surface area (Å²) >= 11 is 0. The number of anilines is 1. The molecule has 25 heavy (non-hydrogen) atoms. The van der Waals surface area contributed by atoms with Crippen LogP contribution in [-0.4, -0.2) is 41.0 Å². The maximum Gasteiger partial charge on any atom is 0.271 e. The lowest BCUT2D eigenvalue weighted by atomic mass is 10.1. The highest BCUT2D eigenvalue weighted by Gasteiger charge is 2.13. The number of hydrogen-bond acceptors (Lipinski definition) is 5. The first-order chi connectivity index (χ1) is 12.1. The third-order valence-electron chi connectivity index (χ3n) is 4.50. The molecule has 0 radical (unpaired) electrons. The number of likely N-dealkylation sites (N-methyl/N-ethyl adjacent to an activating group) is 1. The van der Waals surface area contributed by atoms with Crippen LogP contribution in [0, 0.1) is 10.1 Å². The van der Waals surface area contributed by atoms with Gasteiger partial charge in [0.05, 0.1) is 21.6 Å². The Morgan fingerprint density at radius 2 is 1.80 bits per heavy atom. The average molecular weight is 338 g/mol. The Kier molecular flexibility index (Phi) is 5.09. The van der Waals surface area contributed by atoms with Crippen LogP contribution in [0.15, 0.2) is 42.5 Å². The van der Waals surface area contributed by atoms with E-state index in [1.165, 1.54) is 12.1 Å². The molecule has 1 heterocycles. The lowest BCUT2D eigenvalue weighted by molar-refractivity contribution is -0.384. The second-order valence-corrected chi connectivity index (χ2v) is 5.92. The van der Waals surface area contributed by atoms with E-state index in [9.17, 15) is 10.1 Å². The minimum Gasteiger partial charge on any atom is -0.383 e. The fourth-order valence-electron chi connectivity index (χ4n) is 3.06. The van der Waals surface area contributed by atoms with Gasteiger partial charge in [0.1, 0.15) is 0 Å². The Morgan fingerprint density at radius 1 is 1.08 bits per heavy atom. The van der Waals surface area contributed by atoms with E-state index in [0.29, 0.717) is 5.52 Å². The molecule has 2 aromatic carbocycles. The maximum atomic E-state index is 11.1. The number of fused-ring (bicyclic) bond motifs is 2. The maximum absolute atomic E-state index is 11.1. The van der Waals surface area contributed by atoms with Gasteiger partial charge in [-0.1, -0.05) is 32.0 Å². The van der Waals surface area contributed by atoms with Crippen molar-refractivity contribution in [1.29, 1.82) is 0 Å². The number of aromatic nitrogens is 1. The molecule has 0 atom stereocenters. The summed E-state index contributed by atoms with van der Waals surface area (Å²) in [5.41, 5.74) is 2.52. The summed E-state index contributed by atoms with van der Waals surface area (Å²) in [5.74, 6) is 0. The van der Waals surface area contributed by atoms with Crippen LogP contribution >= 0.6 is 0 Å². The highest BCUT2D eigenvalue weighted by molar-refractivity contribution is 6.07. The molecule has 0 amide bonds. The third-order valence-corrected chi connectivity index (χ3v) is 4.50. The molecule has 0 saturated carbocycles. The molecule has 6 heteroatoms. The van der Waals surface area contributed by atoms with E-state index >= 15 is 0 Å².